The lowest BCUT2D eigenvalue weighted by Crippen LogP contribution is -2.53. The molecular formula is C19H20FNO3. The van der Waals surface area contributed by atoms with Gasteiger partial charge >= 0.3 is 0 Å². The second-order valence-corrected chi connectivity index (χ2v) is 6.65. The molecule has 126 valence electrons. The molecule has 0 unspecified atom stereocenters. The summed E-state index contributed by atoms with van der Waals surface area (Å²) in [5, 5.41) is 13.5. The molecule has 0 bridgehead atoms. The summed E-state index contributed by atoms with van der Waals surface area (Å²) in [4.78, 5) is 12.5. The first-order valence-corrected chi connectivity index (χ1v) is 7.82. The summed E-state index contributed by atoms with van der Waals surface area (Å²) in [5.74, 6) is -0.135. The van der Waals surface area contributed by atoms with Gasteiger partial charge in [-0.15, -0.1) is 0 Å². The van der Waals surface area contributed by atoms with Crippen molar-refractivity contribution >= 4 is 5.91 Å². The quantitative estimate of drug-likeness (QED) is 0.890. The maximum absolute atomic E-state index is 13.0. The summed E-state index contributed by atoms with van der Waals surface area (Å²) in [5.41, 5.74) is 1.23. The van der Waals surface area contributed by atoms with E-state index in [0.29, 0.717) is 11.3 Å². The largest absolute Gasteiger partial charge is 0.485 e. The highest BCUT2D eigenvalue weighted by atomic mass is 19.1. The van der Waals surface area contributed by atoms with Gasteiger partial charge in [-0.05, 0) is 51.1 Å². The molecule has 0 saturated carbocycles. The van der Waals surface area contributed by atoms with E-state index >= 15 is 0 Å². The van der Waals surface area contributed by atoms with E-state index in [1.165, 1.54) is 24.3 Å². The lowest BCUT2D eigenvalue weighted by atomic mass is 9.86. The van der Waals surface area contributed by atoms with Crippen LogP contribution in [0.5, 0.6) is 5.75 Å². The number of halogens is 1. The number of fused-ring (bicyclic) bond motifs is 1. The zero-order chi connectivity index (χ0) is 17.5. The first-order chi connectivity index (χ1) is 11.3. The Hall–Kier alpha value is -2.40. The van der Waals surface area contributed by atoms with E-state index in [2.05, 4.69) is 5.32 Å². The summed E-state index contributed by atoms with van der Waals surface area (Å²) in [6.45, 7) is 5.49. The average Bonchev–Trinajstić information content (AvgIpc) is 2.53. The fourth-order valence-electron chi connectivity index (χ4n) is 2.90. The van der Waals surface area contributed by atoms with E-state index in [9.17, 15) is 14.3 Å². The highest BCUT2D eigenvalue weighted by Crippen LogP contribution is 2.40. The van der Waals surface area contributed by atoms with E-state index in [-0.39, 0.29) is 5.91 Å². The highest BCUT2D eigenvalue weighted by Gasteiger charge is 2.43. The molecule has 2 aromatic carbocycles. The Bertz CT molecular complexity index is 771. The number of carbonyl (C=O) groups excluding carboxylic acids is 1. The van der Waals surface area contributed by atoms with Crippen LogP contribution in [0, 0.1) is 12.7 Å². The van der Waals surface area contributed by atoms with Gasteiger partial charge in [0.1, 0.15) is 23.3 Å². The number of aryl methyl sites for hydroxylation is 1. The molecule has 0 aliphatic carbocycles. The van der Waals surface area contributed by atoms with Gasteiger partial charge in [0.15, 0.2) is 0 Å². The third-order valence-corrected chi connectivity index (χ3v) is 4.29. The smallest absolute Gasteiger partial charge is 0.251 e. The Morgan fingerprint density at radius 3 is 2.54 bits per heavy atom. The third-order valence-electron chi connectivity index (χ3n) is 4.29. The Labute approximate surface area is 140 Å². The summed E-state index contributed by atoms with van der Waals surface area (Å²) in [7, 11) is 0. The molecule has 1 aliphatic heterocycles. The van der Waals surface area contributed by atoms with Crippen molar-refractivity contribution in [3.05, 3.63) is 65.0 Å². The molecule has 24 heavy (non-hydrogen) atoms. The van der Waals surface area contributed by atoms with Crippen LogP contribution in [-0.2, 0) is 0 Å². The molecule has 1 heterocycles. The number of carbonyl (C=O) groups is 1. The van der Waals surface area contributed by atoms with Crippen molar-refractivity contribution in [1.82, 2.24) is 5.32 Å². The number of hydrogen-bond acceptors (Lipinski definition) is 3. The van der Waals surface area contributed by atoms with Gasteiger partial charge in [0, 0.05) is 11.1 Å². The van der Waals surface area contributed by atoms with Crippen LogP contribution in [0.25, 0.3) is 0 Å². The zero-order valence-corrected chi connectivity index (χ0v) is 13.8. The predicted octanol–water partition coefficient (Wildman–Crippen LogP) is 3.14. The van der Waals surface area contributed by atoms with Crippen LogP contribution in [0.4, 0.5) is 4.39 Å². The normalized spacial score (nSPS) is 21.5. The third kappa shape index (κ3) is 2.99. The van der Waals surface area contributed by atoms with Crippen molar-refractivity contribution in [2.75, 3.05) is 0 Å². The number of amides is 1. The number of ether oxygens (including phenoxy) is 1. The van der Waals surface area contributed by atoms with Crippen LogP contribution < -0.4 is 10.1 Å². The van der Waals surface area contributed by atoms with E-state index in [1.807, 2.05) is 25.1 Å². The Morgan fingerprint density at radius 2 is 1.88 bits per heavy atom. The fraction of sp³-hybridized carbons (Fsp3) is 0.316. The van der Waals surface area contributed by atoms with Gasteiger partial charge in [0.25, 0.3) is 5.91 Å². The van der Waals surface area contributed by atoms with E-state index in [4.69, 9.17) is 4.74 Å². The van der Waals surface area contributed by atoms with Crippen LogP contribution >= 0.6 is 0 Å². The first-order valence-electron chi connectivity index (χ1n) is 7.82. The highest BCUT2D eigenvalue weighted by molar-refractivity contribution is 5.94. The van der Waals surface area contributed by atoms with Gasteiger partial charge in [-0.3, -0.25) is 4.79 Å². The van der Waals surface area contributed by atoms with Crippen LogP contribution in [0.2, 0.25) is 0 Å². The van der Waals surface area contributed by atoms with Crippen molar-refractivity contribution in [2.24, 2.45) is 0 Å². The molecular weight excluding hydrogens is 309 g/mol. The number of hydrogen-bond donors (Lipinski definition) is 2. The molecule has 1 aliphatic rings. The molecule has 3 rings (SSSR count). The number of rotatable bonds is 2. The summed E-state index contributed by atoms with van der Waals surface area (Å²) >= 11 is 0. The Morgan fingerprint density at radius 1 is 1.21 bits per heavy atom. The van der Waals surface area contributed by atoms with Crippen LogP contribution in [-0.4, -0.2) is 22.7 Å². The predicted molar refractivity (Wildman–Crippen MR) is 88.5 cm³/mol. The van der Waals surface area contributed by atoms with Crippen molar-refractivity contribution in [1.29, 1.82) is 0 Å². The Balaban J connectivity index is 1.95. The lowest BCUT2D eigenvalue weighted by Gasteiger charge is -2.42. The molecule has 4 nitrogen and oxygen atoms in total. The van der Waals surface area contributed by atoms with E-state index in [0.717, 1.165) is 11.1 Å². The van der Waals surface area contributed by atoms with Gasteiger partial charge in [0.2, 0.25) is 0 Å². The maximum atomic E-state index is 13.0. The van der Waals surface area contributed by atoms with Crippen LogP contribution in [0.15, 0.2) is 42.5 Å². The van der Waals surface area contributed by atoms with Gasteiger partial charge in [-0.2, -0.15) is 0 Å². The van der Waals surface area contributed by atoms with Crippen molar-refractivity contribution in [3.8, 4) is 5.75 Å². The minimum absolute atomic E-state index is 0.335. The zero-order valence-electron chi connectivity index (χ0n) is 13.8. The number of benzene rings is 2. The summed E-state index contributed by atoms with van der Waals surface area (Å²) in [6.07, 6.45) is -0.920. The second kappa shape index (κ2) is 5.91. The number of aliphatic hydroxyl groups excluding tert-OH is 1. The molecule has 0 saturated heterocycles. The molecule has 2 N–H and O–H groups in total. The topological polar surface area (TPSA) is 58.6 Å². The first kappa shape index (κ1) is 16.5. The monoisotopic (exact) mass is 329 g/mol. The molecule has 0 spiro atoms. The van der Waals surface area contributed by atoms with Gasteiger partial charge < -0.3 is 15.2 Å². The molecule has 0 aromatic heterocycles. The maximum Gasteiger partial charge on any atom is 0.251 e. The van der Waals surface area contributed by atoms with Gasteiger partial charge in [-0.25, -0.2) is 4.39 Å². The van der Waals surface area contributed by atoms with Crippen molar-refractivity contribution < 1.29 is 19.0 Å². The summed E-state index contributed by atoms with van der Waals surface area (Å²) < 4.78 is 18.9. The SMILES string of the molecule is Cc1ccc2c(c1)[C@@H](NC(=O)c1ccc(F)cc1)[C@H](O)C(C)(C)O2. The second-order valence-electron chi connectivity index (χ2n) is 6.65. The molecule has 1 amide bonds. The van der Waals surface area contributed by atoms with Crippen LogP contribution in [0.3, 0.4) is 0 Å². The molecule has 5 heteroatoms. The minimum Gasteiger partial charge on any atom is -0.485 e. The van der Waals surface area contributed by atoms with Crippen LogP contribution in [0.1, 0.15) is 41.4 Å². The Kier molecular flexibility index (Phi) is 4.05. The number of aliphatic hydroxyl groups is 1. The van der Waals surface area contributed by atoms with E-state index in [1.54, 1.807) is 13.8 Å². The molecule has 0 radical (unpaired) electrons. The minimum atomic E-state index is -0.920. The molecule has 2 atom stereocenters. The van der Waals surface area contributed by atoms with Gasteiger partial charge in [0.05, 0.1) is 6.04 Å². The lowest BCUT2D eigenvalue weighted by molar-refractivity contribution is -0.0627. The van der Waals surface area contributed by atoms with Crippen molar-refractivity contribution in [3.63, 3.8) is 0 Å². The standard InChI is InChI=1S/C19H20FNO3/c1-11-4-9-15-14(10-11)16(17(22)19(2,3)24-15)21-18(23)12-5-7-13(20)8-6-12/h4-10,16-17,22H,1-3H3,(H,21,23)/t16-,17+/m1/s1. The van der Waals surface area contributed by atoms with Crippen molar-refractivity contribution in [2.45, 2.75) is 38.5 Å². The fourth-order valence-corrected chi connectivity index (χ4v) is 2.90. The van der Waals surface area contributed by atoms with E-state index < -0.39 is 23.6 Å². The molecule has 2 aromatic rings. The average molecular weight is 329 g/mol. The summed E-state index contributed by atoms with van der Waals surface area (Å²) in [6, 6.07) is 10.3. The number of nitrogens with one attached hydrogen (secondary N) is 1. The van der Waals surface area contributed by atoms with Gasteiger partial charge in [-0.1, -0.05) is 17.7 Å². The molecule has 0 fully saturated rings.